The van der Waals surface area contributed by atoms with Crippen LogP contribution in [-0.4, -0.2) is 15.0 Å². The standard InChI is InChI=1S/C14H13BrClNO3S/c1-2-20-12-6-4-11(5-7-12)17-21(18,19)14-8-3-10(15)9-13(14)16/h3-9,17H,2H2,1H3. The fourth-order valence-electron chi connectivity index (χ4n) is 1.69. The molecule has 0 saturated carbocycles. The third-order valence-corrected chi connectivity index (χ3v) is 4.96. The number of rotatable bonds is 5. The predicted octanol–water partition coefficient (Wildman–Crippen LogP) is 4.30. The number of ether oxygens (including phenoxy) is 1. The van der Waals surface area contributed by atoms with Crippen molar-refractivity contribution in [2.24, 2.45) is 0 Å². The van der Waals surface area contributed by atoms with Gasteiger partial charge in [-0.15, -0.1) is 0 Å². The molecule has 0 aliphatic heterocycles. The molecule has 0 saturated heterocycles. The lowest BCUT2D eigenvalue weighted by atomic mass is 10.3. The highest BCUT2D eigenvalue weighted by Crippen LogP contribution is 2.27. The topological polar surface area (TPSA) is 55.4 Å². The molecule has 0 bridgehead atoms. The van der Waals surface area contributed by atoms with Crippen LogP contribution in [0.2, 0.25) is 5.02 Å². The molecule has 0 atom stereocenters. The van der Waals surface area contributed by atoms with Gasteiger partial charge >= 0.3 is 0 Å². The molecule has 0 radical (unpaired) electrons. The van der Waals surface area contributed by atoms with E-state index in [1.54, 1.807) is 30.3 Å². The van der Waals surface area contributed by atoms with Crippen molar-refractivity contribution in [3.63, 3.8) is 0 Å². The van der Waals surface area contributed by atoms with Crippen molar-refractivity contribution >= 4 is 43.2 Å². The number of halogens is 2. The van der Waals surface area contributed by atoms with Crippen LogP contribution in [0.25, 0.3) is 0 Å². The molecule has 112 valence electrons. The largest absolute Gasteiger partial charge is 0.494 e. The molecule has 0 fully saturated rings. The van der Waals surface area contributed by atoms with Gasteiger partial charge in [-0.2, -0.15) is 0 Å². The highest BCUT2D eigenvalue weighted by atomic mass is 79.9. The Balaban J connectivity index is 2.24. The molecule has 7 heteroatoms. The number of anilines is 1. The Bertz CT molecular complexity index is 732. The molecule has 0 aliphatic rings. The zero-order chi connectivity index (χ0) is 15.5. The van der Waals surface area contributed by atoms with Crippen LogP contribution in [0.15, 0.2) is 51.8 Å². The van der Waals surface area contributed by atoms with Crippen LogP contribution < -0.4 is 9.46 Å². The van der Waals surface area contributed by atoms with Crippen molar-refractivity contribution in [3.8, 4) is 5.75 Å². The van der Waals surface area contributed by atoms with Crippen molar-refractivity contribution in [2.75, 3.05) is 11.3 Å². The van der Waals surface area contributed by atoms with Crippen molar-refractivity contribution in [3.05, 3.63) is 52.0 Å². The Morgan fingerprint density at radius 2 is 1.86 bits per heavy atom. The predicted molar refractivity (Wildman–Crippen MR) is 87.6 cm³/mol. The number of benzene rings is 2. The molecule has 0 spiro atoms. The van der Waals surface area contributed by atoms with E-state index in [1.165, 1.54) is 12.1 Å². The highest BCUT2D eigenvalue weighted by Gasteiger charge is 2.18. The van der Waals surface area contributed by atoms with Gasteiger partial charge in [0.1, 0.15) is 10.6 Å². The maximum atomic E-state index is 12.3. The van der Waals surface area contributed by atoms with Gasteiger partial charge in [0.15, 0.2) is 0 Å². The van der Waals surface area contributed by atoms with Gasteiger partial charge < -0.3 is 4.74 Å². The summed E-state index contributed by atoms with van der Waals surface area (Å²) in [5.41, 5.74) is 0.442. The molecule has 1 N–H and O–H groups in total. The summed E-state index contributed by atoms with van der Waals surface area (Å²) in [6.07, 6.45) is 0. The summed E-state index contributed by atoms with van der Waals surface area (Å²) < 4.78 is 33.1. The van der Waals surface area contributed by atoms with Gasteiger partial charge in [0.25, 0.3) is 10.0 Å². The maximum absolute atomic E-state index is 12.3. The first kappa shape index (κ1) is 16.1. The van der Waals surface area contributed by atoms with E-state index in [0.29, 0.717) is 22.5 Å². The van der Waals surface area contributed by atoms with Gasteiger partial charge in [-0.25, -0.2) is 8.42 Å². The van der Waals surface area contributed by atoms with Gasteiger partial charge in [0, 0.05) is 10.2 Å². The quantitative estimate of drug-likeness (QED) is 0.828. The van der Waals surface area contributed by atoms with Crippen LogP contribution in [-0.2, 0) is 10.0 Å². The normalized spacial score (nSPS) is 11.2. The molecule has 21 heavy (non-hydrogen) atoms. The van der Waals surface area contributed by atoms with E-state index in [-0.39, 0.29) is 9.92 Å². The number of nitrogens with one attached hydrogen (secondary N) is 1. The Morgan fingerprint density at radius 3 is 2.43 bits per heavy atom. The molecule has 4 nitrogen and oxygen atoms in total. The van der Waals surface area contributed by atoms with E-state index in [2.05, 4.69) is 20.7 Å². The fraction of sp³-hybridized carbons (Fsp3) is 0.143. The lowest BCUT2D eigenvalue weighted by Gasteiger charge is -2.10. The maximum Gasteiger partial charge on any atom is 0.263 e. The van der Waals surface area contributed by atoms with E-state index < -0.39 is 10.0 Å². The van der Waals surface area contributed by atoms with Crippen molar-refractivity contribution < 1.29 is 13.2 Å². The summed E-state index contributed by atoms with van der Waals surface area (Å²) in [5, 5.41) is 0.155. The van der Waals surface area contributed by atoms with Crippen LogP contribution in [0, 0.1) is 0 Å². The smallest absolute Gasteiger partial charge is 0.263 e. The first-order valence-electron chi connectivity index (χ1n) is 6.13. The van der Waals surface area contributed by atoms with Gasteiger partial charge in [0.05, 0.1) is 11.6 Å². The first-order chi connectivity index (χ1) is 9.92. The Morgan fingerprint density at radius 1 is 1.19 bits per heavy atom. The monoisotopic (exact) mass is 389 g/mol. The lowest BCUT2D eigenvalue weighted by molar-refractivity contribution is 0.340. The first-order valence-corrected chi connectivity index (χ1v) is 8.78. The SMILES string of the molecule is CCOc1ccc(NS(=O)(=O)c2ccc(Br)cc2Cl)cc1. The second-order valence-corrected chi connectivity index (χ2v) is 7.11. The Labute approximate surface area is 137 Å². The molecule has 0 amide bonds. The van der Waals surface area contributed by atoms with E-state index in [9.17, 15) is 8.42 Å². The minimum Gasteiger partial charge on any atom is -0.494 e. The highest BCUT2D eigenvalue weighted by molar-refractivity contribution is 9.10. The van der Waals surface area contributed by atoms with Crippen molar-refractivity contribution in [1.82, 2.24) is 0 Å². The van der Waals surface area contributed by atoms with Gasteiger partial charge in [-0.3, -0.25) is 4.72 Å². The third-order valence-electron chi connectivity index (χ3n) is 2.60. The molecule has 2 aromatic rings. The lowest BCUT2D eigenvalue weighted by Crippen LogP contribution is -2.13. The number of sulfonamides is 1. The zero-order valence-corrected chi connectivity index (χ0v) is 14.3. The van der Waals surface area contributed by atoms with Crippen LogP contribution >= 0.6 is 27.5 Å². The van der Waals surface area contributed by atoms with Gasteiger partial charge in [0.2, 0.25) is 0 Å². The zero-order valence-electron chi connectivity index (χ0n) is 11.1. The summed E-state index contributed by atoms with van der Waals surface area (Å²) in [6.45, 7) is 2.44. The minimum absolute atomic E-state index is 0.0289. The van der Waals surface area contributed by atoms with Crippen LogP contribution in [0.1, 0.15) is 6.92 Å². The van der Waals surface area contributed by atoms with Gasteiger partial charge in [-0.1, -0.05) is 27.5 Å². The Hall–Kier alpha value is -1.24. The third kappa shape index (κ3) is 4.12. The molecule has 0 aromatic heterocycles. The summed E-state index contributed by atoms with van der Waals surface area (Å²) in [6, 6.07) is 11.3. The van der Waals surface area contributed by atoms with E-state index >= 15 is 0 Å². The van der Waals surface area contributed by atoms with Gasteiger partial charge in [-0.05, 0) is 49.4 Å². The molecule has 2 rings (SSSR count). The summed E-state index contributed by atoms with van der Waals surface area (Å²) >= 11 is 9.22. The minimum atomic E-state index is -3.73. The van der Waals surface area contributed by atoms with Crippen molar-refractivity contribution in [2.45, 2.75) is 11.8 Å². The number of hydrogen-bond donors (Lipinski definition) is 1. The second kappa shape index (κ2) is 6.68. The summed E-state index contributed by atoms with van der Waals surface area (Å²) in [7, 11) is -3.73. The molecule has 0 heterocycles. The van der Waals surface area contributed by atoms with Crippen LogP contribution in [0.5, 0.6) is 5.75 Å². The molecular formula is C14H13BrClNO3S. The van der Waals surface area contributed by atoms with E-state index in [1.807, 2.05) is 6.92 Å². The second-order valence-electron chi connectivity index (χ2n) is 4.14. The molecule has 2 aromatic carbocycles. The average Bonchev–Trinajstić information content (AvgIpc) is 2.40. The van der Waals surface area contributed by atoms with Crippen molar-refractivity contribution in [1.29, 1.82) is 0 Å². The fourth-order valence-corrected chi connectivity index (χ4v) is 3.79. The average molecular weight is 391 g/mol. The summed E-state index contributed by atoms with van der Waals surface area (Å²) in [5.74, 6) is 0.683. The molecule has 0 unspecified atom stereocenters. The molecule has 0 aliphatic carbocycles. The number of hydrogen-bond acceptors (Lipinski definition) is 3. The van der Waals surface area contributed by atoms with E-state index in [0.717, 1.165) is 0 Å². The van der Waals surface area contributed by atoms with Crippen LogP contribution in [0.4, 0.5) is 5.69 Å². The van der Waals surface area contributed by atoms with Crippen LogP contribution in [0.3, 0.4) is 0 Å². The Kier molecular flexibility index (Phi) is 5.13. The van der Waals surface area contributed by atoms with E-state index in [4.69, 9.17) is 16.3 Å². The summed E-state index contributed by atoms with van der Waals surface area (Å²) in [4.78, 5) is 0.0289. The molecular weight excluding hydrogens is 378 g/mol.